The van der Waals surface area contributed by atoms with Crippen LogP contribution < -0.4 is 10.4 Å². The van der Waals surface area contributed by atoms with E-state index in [1.54, 1.807) is 18.2 Å². The lowest BCUT2D eigenvalue weighted by Gasteiger charge is -2.17. The van der Waals surface area contributed by atoms with Crippen LogP contribution in [0.2, 0.25) is 0 Å². The van der Waals surface area contributed by atoms with Gasteiger partial charge in [-0.25, -0.2) is 4.79 Å². The third-order valence-corrected chi connectivity index (χ3v) is 7.21. The Bertz CT molecular complexity index is 1640. The summed E-state index contributed by atoms with van der Waals surface area (Å²) in [4.78, 5) is 27.4. The molecule has 1 heterocycles. The highest BCUT2D eigenvalue weighted by molar-refractivity contribution is 6.30. The predicted octanol–water partition coefficient (Wildman–Crippen LogP) is 5.53. The third-order valence-electron chi connectivity index (χ3n) is 7.21. The minimum absolute atomic E-state index is 0.311. The van der Waals surface area contributed by atoms with Crippen LogP contribution in [0, 0.1) is 0 Å². The van der Waals surface area contributed by atoms with E-state index in [0.717, 1.165) is 60.2 Å². The van der Waals surface area contributed by atoms with E-state index < -0.39 is 5.97 Å². The number of ketones is 1. The summed E-state index contributed by atoms with van der Waals surface area (Å²) in [5, 5.41) is 14.3. The van der Waals surface area contributed by atoms with Gasteiger partial charge in [0.15, 0.2) is 5.78 Å². The average Bonchev–Trinajstić information content (AvgIpc) is 3.27. The second kappa shape index (κ2) is 8.62. The second-order valence-corrected chi connectivity index (χ2v) is 9.33. The molecule has 4 heteroatoms. The highest BCUT2D eigenvalue weighted by Gasteiger charge is 2.22. The van der Waals surface area contributed by atoms with Gasteiger partial charge in [0.2, 0.25) is 0 Å². The second-order valence-electron chi connectivity index (χ2n) is 9.33. The van der Waals surface area contributed by atoms with Gasteiger partial charge in [0.1, 0.15) is 0 Å². The van der Waals surface area contributed by atoms with Crippen LogP contribution in [-0.4, -0.2) is 22.6 Å². The number of carboxylic acid groups (broad SMARTS) is 1. The standard InChI is InChI=1S/C18H16O.C13H9NO2/c19-18-7-3-6-14-16-9-8-12-4-1-2-5-13(12)15(16)10-11-17(14)18;15-13(16)8-5-6-12-10(7-8)9-3-1-2-4-11(9)14-12/h4-5,8-11H,1-3,6-7H2;1-3,5-7H,4H2,(H,15,16). The lowest BCUT2D eigenvalue weighted by molar-refractivity contribution is 0.0696. The number of carbonyl (C=O) groups is 2. The molecule has 35 heavy (non-hydrogen) atoms. The zero-order valence-electron chi connectivity index (χ0n) is 19.4. The summed E-state index contributed by atoms with van der Waals surface area (Å²) in [6.07, 6.45) is 16.5. The molecule has 7 rings (SSSR count). The number of hydrogen-bond acceptors (Lipinski definition) is 3. The van der Waals surface area contributed by atoms with Crippen molar-refractivity contribution in [2.45, 2.75) is 38.5 Å². The van der Waals surface area contributed by atoms with E-state index >= 15 is 0 Å². The van der Waals surface area contributed by atoms with E-state index in [0.29, 0.717) is 17.8 Å². The molecular weight excluding hydrogens is 434 g/mol. The molecule has 0 fully saturated rings. The number of hydrogen-bond donors (Lipinski definition) is 1. The van der Waals surface area contributed by atoms with Crippen molar-refractivity contribution in [3.8, 4) is 0 Å². The highest BCUT2D eigenvalue weighted by Crippen LogP contribution is 2.37. The number of fused-ring (bicyclic) bond motifs is 8. The molecule has 4 nitrogen and oxygen atoms in total. The van der Waals surface area contributed by atoms with Gasteiger partial charge in [-0.2, -0.15) is 0 Å². The number of aryl methyl sites for hydroxylation is 1. The predicted molar refractivity (Wildman–Crippen MR) is 141 cm³/mol. The zero-order valence-corrected chi connectivity index (χ0v) is 19.4. The molecule has 0 bridgehead atoms. The quantitative estimate of drug-likeness (QED) is 0.520. The number of allylic oxidation sites excluding steroid dienone is 4. The van der Waals surface area contributed by atoms with Gasteiger partial charge in [-0.05, 0) is 70.7 Å². The maximum atomic E-state index is 12.0. The molecular formula is C31H25NO3. The van der Waals surface area contributed by atoms with Crippen molar-refractivity contribution in [2.24, 2.45) is 4.99 Å². The summed E-state index contributed by atoms with van der Waals surface area (Å²) in [6.45, 7) is 0. The van der Waals surface area contributed by atoms with Crippen LogP contribution in [0.4, 0.5) is 5.69 Å². The van der Waals surface area contributed by atoms with Crippen molar-refractivity contribution in [3.63, 3.8) is 0 Å². The molecule has 0 saturated carbocycles. The Morgan fingerprint density at radius 1 is 0.914 bits per heavy atom. The first-order valence-electron chi connectivity index (χ1n) is 12.2. The van der Waals surface area contributed by atoms with Crippen molar-refractivity contribution in [1.82, 2.24) is 0 Å². The van der Waals surface area contributed by atoms with Crippen LogP contribution in [0.5, 0.6) is 0 Å². The molecule has 0 spiro atoms. The van der Waals surface area contributed by atoms with Gasteiger partial charge >= 0.3 is 5.97 Å². The Morgan fingerprint density at radius 2 is 1.77 bits per heavy atom. The fraction of sp³-hybridized carbons (Fsp3) is 0.194. The molecule has 0 unspecified atom stereocenters. The SMILES string of the molecule is O=C(O)c1ccc2c(c1)C1=CC=CCC1=N2.O=C1CCCc2c1ccc1c3c(ccc21)=CCCC=3. The van der Waals surface area contributed by atoms with Crippen LogP contribution in [0.25, 0.3) is 28.5 Å². The molecule has 0 aromatic heterocycles. The number of rotatable bonds is 1. The number of aromatic carboxylic acids is 1. The number of benzene rings is 3. The Kier molecular flexibility index (Phi) is 5.29. The third kappa shape index (κ3) is 3.75. The summed E-state index contributed by atoms with van der Waals surface area (Å²) >= 11 is 0. The topological polar surface area (TPSA) is 66.7 Å². The molecule has 3 aliphatic carbocycles. The Labute approximate surface area is 203 Å². The van der Waals surface area contributed by atoms with E-state index in [1.807, 2.05) is 24.3 Å². The van der Waals surface area contributed by atoms with Gasteiger partial charge in [-0.1, -0.05) is 54.6 Å². The summed E-state index contributed by atoms with van der Waals surface area (Å²) in [7, 11) is 0. The van der Waals surface area contributed by atoms with Crippen molar-refractivity contribution >= 4 is 51.6 Å². The van der Waals surface area contributed by atoms with E-state index in [-0.39, 0.29) is 0 Å². The van der Waals surface area contributed by atoms with E-state index in [1.165, 1.54) is 26.8 Å². The molecule has 0 amide bonds. The Morgan fingerprint density at radius 3 is 2.66 bits per heavy atom. The Balaban J connectivity index is 0.000000133. The summed E-state index contributed by atoms with van der Waals surface area (Å²) in [6, 6.07) is 13.7. The zero-order chi connectivity index (χ0) is 23.9. The summed E-state index contributed by atoms with van der Waals surface area (Å²) in [5.74, 6) is -0.584. The molecule has 1 aliphatic heterocycles. The molecule has 1 N–H and O–H groups in total. The molecule has 3 aromatic carbocycles. The van der Waals surface area contributed by atoms with Crippen molar-refractivity contribution in [2.75, 3.05) is 0 Å². The average molecular weight is 460 g/mol. The number of nitrogens with zero attached hydrogens (tertiary/aromatic N) is 1. The molecule has 0 saturated heterocycles. The van der Waals surface area contributed by atoms with Gasteiger partial charge in [0, 0.05) is 29.5 Å². The van der Waals surface area contributed by atoms with Gasteiger partial charge in [0.25, 0.3) is 0 Å². The highest BCUT2D eigenvalue weighted by atomic mass is 16.4. The number of carbonyl (C=O) groups excluding carboxylic acids is 1. The lowest BCUT2D eigenvalue weighted by Crippen LogP contribution is -2.27. The fourth-order valence-corrected chi connectivity index (χ4v) is 5.50. The minimum Gasteiger partial charge on any atom is -0.478 e. The normalized spacial score (nSPS) is 16.9. The first kappa shape index (κ1) is 21.5. The van der Waals surface area contributed by atoms with Gasteiger partial charge in [0.05, 0.1) is 17.0 Å². The smallest absolute Gasteiger partial charge is 0.335 e. The van der Waals surface area contributed by atoms with E-state index in [9.17, 15) is 9.59 Å². The van der Waals surface area contributed by atoms with Gasteiger partial charge in [-0.15, -0.1) is 0 Å². The van der Waals surface area contributed by atoms with Crippen LogP contribution in [0.3, 0.4) is 0 Å². The first-order chi connectivity index (χ1) is 17.1. The maximum absolute atomic E-state index is 12.0. The summed E-state index contributed by atoms with van der Waals surface area (Å²) in [5.41, 5.74) is 6.43. The van der Waals surface area contributed by atoms with Crippen LogP contribution in [-0.2, 0) is 6.42 Å². The number of aliphatic imine (C=N–C) groups is 1. The monoisotopic (exact) mass is 459 g/mol. The molecule has 0 atom stereocenters. The first-order valence-corrected chi connectivity index (χ1v) is 12.2. The number of carboxylic acids is 1. The molecule has 172 valence electrons. The molecule has 0 radical (unpaired) electrons. The van der Waals surface area contributed by atoms with Crippen molar-refractivity contribution in [1.29, 1.82) is 0 Å². The molecule has 4 aliphatic rings. The van der Waals surface area contributed by atoms with E-state index in [4.69, 9.17) is 5.11 Å². The van der Waals surface area contributed by atoms with Crippen molar-refractivity contribution < 1.29 is 14.7 Å². The van der Waals surface area contributed by atoms with Gasteiger partial charge < -0.3 is 5.11 Å². The summed E-state index contributed by atoms with van der Waals surface area (Å²) < 4.78 is 0. The van der Waals surface area contributed by atoms with Gasteiger partial charge in [-0.3, -0.25) is 9.79 Å². The van der Waals surface area contributed by atoms with E-state index in [2.05, 4.69) is 35.3 Å². The van der Waals surface area contributed by atoms with Crippen LogP contribution >= 0.6 is 0 Å². The van der Waals surface area contributed by atoms with Crippen molar-refractivity contribution in [3.05, 3.63) is 93.4 Å². The Hall–Kier alpha value is -4.05. The van der Waals surface area contributed by atoms with Crippen LogP contribution in [0.15, 0.2) is 65.7 Å². The van der Waals surface area contributed by atoms with Crippen LogP contribution in [0.1, 0.15) is 63.9 Å². The minimum atomic E-state index is -0.900. The fourth-order valence-electron chi connectivity index (χ4n) is 5.50. The lowest BCUT2D eigenvalue weighted by atomic mass is 9.86. The maximum Gasteiger partial charge on any atom is 0.335 e. The largest absolute Gasteiger partial charge is 0.478 e. The number of Topliss-reactive ketones (excluding diaryl/α,β-unsaturated/α-hetero) is 1. The molecule has 3 aromatic rings.